The number of aromatic nitrogens is 3. The summed E-state index contributed by atoms with van der Waals surface area (Å²) in [5.74, 6) is 0. The molecule has 0 aromatic carbocycles. The molecule has 5 heteroatoms. The van der Waals surface area contributed by atoms with Crippen molar-refractivity contribution in [2.24, 2.45) is 5.73 Å². The Morgan fingerprint density at radius 2 is 2.14 bits per heavy atom. The molecule has 2 N–H and O–H groups in total. The highest BCUT2D eigenvalue weighted by Crippen LogP contribution is 2.29. The lowest BCUT2D eigenvalue weighted by atomic mass is 9.87. The van der Waals surface area contributed by atoms with Gasteiger partial charge in [-0.15, -0.1) is 5.10 Å². The number of nitrogens with zero attached hydrogens (tertiary/aromatic N) is 3. The molecule has 14 heavy (non-hydrogen) atoms. The van der Waals surface area contributed by atoms with Crippen molar-refractivity contribution in [2.75, 3.05) is 0 Å². The van der Waals surface area contributed by atoms with E-state index < -0.39 is 8.07 Å². The summed E-state index contributed by atoms with van der Waals surface area (Å²) in [4.78, 5) is 0. The highest BCUT2D eigenvalue weighted by molar-refractivity contribution is 6.88. The molecule has 1 saturated carbocycles. The van der Waals surface area contributed by atoms with Gasteiger partial charge in [-0.2, -0.15) is 0 Å². The van der Waals surface area contributed by atoms with Gasteiger partial charge in [0, 0.05) is 12.2 Å². The lowest BCUT2D eigenvalue weighted by Gasteiger charge is -2.33. The van der Waals surface area contributed by atoms with E-state index in [0.29, 0.717) is 6.04 Å². The third kappa shape index (κ3) is 1.61. The average molecular weight is 210 g/mol. The molecule has 1 aromatic rings. The summed E-state index contributed by atoms with van der Waals surface area (Å²) in [5.41, 5.74) is 5.90. The molecule has 1 heterocycles. The van der Waals surface area contributed by atoms with Crippen LogP contribution in [0.2, 0.25) is 19.6 Å². The second-order valence-corrected chi connectivity index (χ2v) is 10.2. The lowest BCUT2D eigenvalue weighted by molar-refractivity contribution is 0.235. The van der Waals surface area contributed by atoms with Crippen LogP contribution in [0.4, 0.5) is 0 Å². The molecule has 1 fully saturated rings. The topological polar surface area (TPSA) is 56.7 Å². The SMILES string of the molecule is C[Si](C)(C)c1cn(C2CCC2N)nn1. The Kier molecular flexibility index (Phi) is 2.23. The molecule has 4 nitrogen and oxygen atoms in total. The van der Waals surface area contributed by atoms with Gasteiger partial charge in [-0.1, -0.05) is 24.9 Å². The smallest absolute Gasteiger partial charge is 0.106 e. The fourth-order valence-electron chi connectivity index (χ4n) is 1.62. The van der Waals surface area contributed by atoms with Gasteiger partial charge < -0.3 is 5.73 Å². The predicted octanol–water partition coefficient (Wildman–Crippen LogP) is 0.485. The van der Waals surface area contributed by atoms with Gasteiger partial charge >= 0.3 is 0 Å². The van der Waals surface area contributed by atoms with E-state index in [0.717, 1.165) is 12.8 Å². The second kappa shape index (κ2) is 3.17. The van der Waals surface area contributed by atoms with Crippen LogP contribution in [0.15, 0.2) is 6.20 Å². The Hall–Kier alpha value is -0.683. The van der Waals surface area contributed by atoms with Gasteiger partial charge in [-0.05, 0) is 12.8 Å². The van der Waals surface area contributed by atoms with Crippen molar-refractivity contribution in [2.45, 2.75) is 44.6 Å². The molecular weight excluding hydrogens is 192 g/mol. The molecule has 2 unspecified atom stereocenters. The first-order chi connectivity index (χ1) is 6.48. The third-order valence-corrected chi connectivity index (χ3v) is 4.67. The highest BCUT2D eigenvalue weighted by atomic mass is 28.3. The van der Waals surface area contributed by atoms with E-state index in [9.17, 15) is 0 Å². The Bertz CT molecular complexity index is 328. The normalized spacial score (nSPS) is 27.4. The van der Waals surface area contributed by atoms with Crippen LogP contribution >= 0.6 is 0 Å². The Labute approximate surface area is 85.5 Å². The Balaban J connectivity index is 2.18. The fourth-order valence-corrected chi connectivity index (χ4v) is 2.48. The van der Waals surface area contributed by atoms with Crippen LogP contribution in [0.25, 0.3) is 0 Å². The molecule has 0 amide bonds. The molecule has 0 saturated heterocycles. The fraction of sp³-hybridized carbons (Fsp3) is 0.778. The summed E-state index contributed by atoms with van der Waals surface area (Å²) in [7, 11) is -1.30. The summed E-state index contributed by atoms with van der Waals surface area (Å²) in [6, 6.07) is 0.679. The van der Waals surface area contributed by atoms with Crippen molar-refractivity contribution in [3.8, 4) is 0 Å². The number of rotatable bonds is 2. The minimum Gasteiger partial charge on any atom is -0.326 e. The zero-order chi connectivity index (χ0) is 10.3. The minimum absolute atomic E-state index is 0.284. The largest absolute Gasteiger partial charge is 0.326 e. The van der Waals surface area contributed by atoms with Crippen LogP contribution in [-0.2, 0) is 0 Å². The Morgan fingerprint density at radius 3 is 2.50 bits per heavy atom. The van der Waals surface area contributed by atoms with Gasteiger partial charge in [-0.3, -0.25) is 0 Å². The van der Waals surface area contributed by atoms with Crippen LogP contribution in [-0.4, -0.2) is 29.1 Å². The Morgan fingerprint density at radius 1 is 1.43 bits per heavy atom. The molecule has 0 spiro atoms. The number of nitrogens with two attached hydrogens (primary N) is 1. The maximum absolute atomic E-state index is 5.90. The van der Waals surface area contributed by atoms with Crippen molar-refractivity contribution in [1.82, 2.24) is 15.0 Å². The van der Waals surface area contributed by atoms with Gasteiger partial charge in [0.2, 0.25) is 0 Å². The number of hydrogen-bond donors (Lipinski definition) is 1. The zero-order valence-corrected chi connectivity index (χ0v) is 10.1. The van der Waals surface area contributed by atoms with Gasteiger partial charge in [0.05, 0.1) is 11.4 Å². The molecule has 2 rings (SSSR count). The summed E-state index contributed by atoms with van der Waals surface area (Å²) in [6.45, 7) is 6.84. The van der Waals surface area contributed by atoms with Gasteiger partial charge in [-0.25, -0.2) is 4.68 Å². The molecule has 2 atom stereocenters. The molecule has 1 aromatic heterocycles. The first-order valence-corrected chi connectivity index (χ1v) is 8.66. The van der Waals surface area contributed by atoms with Crippen LogP contribution in [0.3, 0.4) is 0 Å². The van der Waals surface area contributed by atoms with Gasteiger partial charge in [0.25, 0.3) is 0 Å². The van der Waals surface area contributed by atoms with E-state index in [-0.39, 0.29) is 6.04 Å². The molecule has 1 aliphatic rings. The summed E-state index contributed by atoms with van der Waals surface area (Å²) >= 11 is 0. The standard InChI is InChI=1S/C9H18N4Si/c1-14(2,3)9-6-13(12-11-9)8-5-4-7(8)10/h6-8H,4-5,10H2,1-3H3. The van der Waals surface area contributed by atoms with E-state index in [4.69, 9.17) is 5.73 Å². The maximum atomic E-state index is 5.90. The van der Waals surface area contributed by atoms with Crippen molar-refractivity contribution in [3.63, 3.8) is 0 Å². The monoisotopic (exact) mass is 210 g/mol. The third-order valence-electron chi connectivity index (χ3n) is 2.91. The van der Waals surface area contributed by atoms with Crippen molar-refractivity contribution >= 4 is 13.4 Å². The lowest BCUT2D eigenvalue weighted by Crippen LogP contribution is -2.42. The molecule has 0 aliphatic heterocycles. The van der Waals surface area contributed by atoms with Gasteiger partial charge in [0.1, 0.15) is 8.07 Å². The van der Waals surface area contributed by atoms with Crippen LogP contribution < -0.4 is 11.1 Å². The van der Waals surface area contributed by atoms with E-state index in [1.807, 2.05) is 4.68 Å². The average Bonchev–Trinajstić information content (AvgIpc) is 2.49. The molecular formula is C9H18N4Si. The minimum atomic E-state index is -1.30. The first kappa shape index (κ1) is 9.86. The van der Waals surface area contributed by atoms with Crippen molar-refractivity contribution in [1.29, 1.82) is 0 Å². The molecule has 1 aliphatic carbocycles. The second-order valence-electron chi connectivity index (χ2n) is 5.14. The van der Waals surface area contributed by atoms with E-state index in [1.54, 1.807) is 0 Å². The van der Waals surface area contributed by atoms with Gasteiger partial charge in [0.15, 0.2) is 0 Å². The highest BCUT2D eigenvalue weighted by Gasteiger charge is 2.31. The quantitative estimate of drug-likeness (QED) is 0.723. The van der Waals surface area contributed by atoms with Crippen molar-refractivity contribution < 1.29 is 0 Å². The van der Waals surface area contributed by atoms with Crippen LogP contribution in [0.1, 0.15) is 18.9 Å². The zero-order valence-electron chi connectivity index (χ0n) is 9.07. The van der Waals surface area contributed by atoms with Crippen molar-refractivity contribution in [3.05, 3.63) is 6.20 Å². The predicted molar refractivity (Wildman–Crippen MR) is 59.2 cm³/mol. The molecule has 78 valence electrons. The maximum Gasteiger partial charge on any atom is 0.106 e. The van der Waals surface area contributed by atoms with E-state index in [2.05, 4.69) is 36.1 Å². The summed E-state index contributed by atoms with van der Waals surface area (Å²) in [5, 5.41) is 9.60. The molecule has 0 radical (unpaired) electrons. The van der Waals surface area contributed by atoms with Crippen LogP contribution in [0.5, 0.6) is 0 Å². The first-order valence-electron chi connectivity index (χ1n) is 5.16. The number of hydrogen-bond acceptors (Lipinski definition) is 3. The molecule has 0 bridgehead atoms. The van der Waals surface area contributed by atoms with Crippen LogP contribution in [0, 0.1) is 0 Å². The summed E-state index contributed by atoms with van der Waals surface area (Å²) in [6.07, 6.45) is 4.36. The van der Waals surface area contributed by atoms with E-state index >= 15 is 0 Å². The van der Waals surface area contributed by atoms with E-state index in [1.165, 1.54) is 5.32 Å². The summed E-state index contributed by atoms with van der Waals surface area (Å²) < 4.78 is 1.96.